The molecule has 0 aromatic heterocycles. The largest absolute Gasteiger partial charge is 0.486 e. The molecular formula is C19H26N2O3S. The molecule has 4 heterocycles. The monoisotopic (exact) mass is 362 g/mol. The quantitative estimate of drug-likeness (QED) is 0.770. The van der Waals surface area contributed by atoms with E-state index in [4.69, 9.17) is 9.47 Å². The SMILES string of the molecule is CN1CC2CCC(C1)N(C(=O)CCSc1ccc3c(c1)OCCO3)C2. The lowest BCUT2D eigenvalue weighted by Gasteiger charge is -2.36. The average Bonchev–Trinajstić information content (AvgIpc) is 2.90. The molecular weight excluding hydrogens is 336 g/mol. The van der Waals surface area contributed by atoms with Crippen LogP contribution in [0.1, 0.15) is 19.3 Å². The number of piperidine rings is 1. The van der Waals surface area contributed by atoms with Gasteiger partial charge < -0.3 is 19.3 Å². The highest BCUT2D eigenvalue weighted by Gasteiger charge is 2.35. The average molecular weight is 362 g/mol. The molecule has 3 saturated heterocycles. The molecule has 4 aliphatic heterocycles. The van der Waals surface area contributed by atoms with Crippen LogP contribution in [0.25, 0.3) is 0 Å². The van der Waals surface area contributed by atoms with Crippen LogP contribution in [0.15, 0.2) is 23.1 Å². The van der Waals surface area contributed by atoms with Gasteiger partial charge in [-0.2, -0.15) is 0 Å². The first kappa shape index (κ1) is 17.0. The van der Waals surface area contributed by atoms with Crippen molar-refractivity contribution < 1.29 is 14.3 Å². The van der Waals surface area contributed by atoms with Crippen molar-refractivity contribution in [3.63, 3.8) is 0 Å². The Bertz CT molecular complexity index is 639. The highest BCUT2D eigenvalue weighted by Crippen LogP contribution is 2.34. The lowest BCUT2D eigenvalue weighted by atomic mass is 9.95. The number of fused-ring (bicyclic) bond motifs is 5. The van der Waals surface area contributed by atoms with Crippen molar-refractivity contribution in [2.75, 3.05) is 45.6 Å². The van der Waals surface area contributed by atoms with Crippen LogP contribution >= 0.6 is 11.8 Å². The van der Waals surface area contributed by atoms with Gasteiger partial charge in [-0.05, 0) is 44.0 Å². The first-order valence-electron chi connectivity index (χ1n) is 9.19. The third-order valence-corrected chi connectivity index (χ3v) is 6.31. The lowest BCUT2D eigenvalue weighted by molar-refractivity contribution is -0.134. The van der Waals surface area contributed by atoms with E-state index in [2.05, 4.69) is 16.8 Å². The smallest absolute Gasteiger partial charge is 0.223 e. The molecule has 6 heteroatoms. The summed E-state index contributed by atoms with van der Waals surface area (Å²) in [5, 5.41) is 0. The molecule has 136 valence electrons. The molecule has 25 heavy (non-hydrogen) atoms. The summed E-state index contributed by atoms with van der Waals surface area (Å²) in [6.45, 7) is 4.32. The molecule has 3 fully saturated rings. The van der Waals surface area contributed by atoms with Gasteiger partial charge in [-0.15, -0.1) is 11.8 Å². The molecule has 0 saturated carbocycles. The zero-order valence-corrected chi connectivity index (χ0v) is 15.6. The lowest BCUT2D eigenvalue weighted by Crippen LogP contribution is -2.47. The number of carbonyl (C=O) groups excluding carboxylic acids is 1. The number of ether oxygens (including phenoxy) is 2. The standard InChI is InChI=1S/C19H26N2O3S/c1-20-11-14-2-3-15(13-20)21(12-14)19(22)6-9-25-16-4-5-17-18(10-16)24-8-7-23-17/h4-5,10,14-15H,2-3,6-9,11-13H2,1H3. The normalized spacial score (nSPS) is 25.7. The molecule has 2 unspecified atom stereocenters. The van der Waals surface area contributed by atoms with Crippen LogP contribution in [0.3, 0.4) is 0 Å². The predicted molar refractivity (Wildman–Crippen MR) is 98.5 cm³/mol. The second kappa shape index (κ2) is 7.46. The van der Waals surface area contributed by atoms with Crippen LogP contribution in [0.5, 0.6) is 11.5 Å². The van der Waals surface area contributed by atoms with E-state index in [1.165, 1.54) is 6.42 Å². The third-order valence-electron chi connectivity index (χ3n) is 5.31. The maximum Gasteiger partial charge on any atom is 0.223 e. The molecule has 2 bridgehead atoms. The molecule has 5 rings (SSSR count). The van der Waals surface area contributed by atoms with Crippen LogP contribution in [0.2, 0.25) is 0 Å². The van der Waals surface area contributed by atoms with Gasteiger partial charge in [0.05, 0.1) is 0 Å². The Kier molecular flexibility index (Phi) is 5.08. The maximum atomic E-state index is 12.7. The van der Waals surface area contributed by atoms with E-state index >= 15 is 0 Å². The second-order valence-corrected chi connectivity index (χ2v) is 8.44. The minimum absolute atomic E-state index is 0.315. The Morgan fingerprint density at radius 1 is 1.16 bits per heavy atom. The third kappa shape index (κ3) is 3.90. The van der Waals surface area contributed by atoms with E-state index < -0.39 is 0 Å². The predicted octanol–water partition coefficient (Wildman–Crippen LogP) is 2.49. The van der Waals surface area contributed by atoms with Crippen LogP contribution in [0, 0.1) is 5.92 Å². The molecule has 5 nitrogen and oxygen atoms in total. The van der Waals surface area contributed by atoms with Gasteiger partial charge in [0.1, 0.15) is 13.2 Å². The number of thioether (sulfide) groups is 1. The maximum absolute atomic E-state index is 12.7. The summed E-state index contributed by atoms with van der Waals surface area (Å²) < 4.78 is 11.2. The number of amides is 1. The number of rotatable bonds is 4. The van der Waals surface area contributed by atoms with Crippen molar-refractivity contribution in [3.05, 3.63) is 18.2 Å². The van der Waals surface area contributed by atoms with Crippen molar-refractivity contribution in [2.24, 2.45) is 5.92 Å². The first-order valence-corrected chi connectivity index (χ1v) is 10.2. The zero-order valence-electron chi connectivity index (χ0n) is 14.8. The fraction of sp³-hybridized carbons (Fsp3) is 0.632. The Morgan fingerprint density at radius 2 is 2.00 bits per heavy atom. The highest BCUT2D eigenvalue weighted by atomic mass is 32.2. The van der Waals surface area contributed by atoms with Gasteiger partial charge in [0.25, 0.3) is 0 Å². The molecule has 0 spiro atoms. The second-order valence-electron chi connectivity index (χ2n) is 7.27. The minimum atomic E-state index is 0.315. The molecule has 4 aliphatic rings. The van der Waals surface area contributed by atoms with Crippen LogP contribution in [-0.4, -0.2) is 67.4 Å². The first-order chi connectivity index (χ1) is 12.2. The van der Waals surface area contributed by atoms with E-state index in [0.29, 0.717) is 37.5 Å². The summed E-state index contributed by atoms with van der Waals surface area (Å²) in [6, 6.07) is 6.44. The summed E-state index contributed by atoms with van der Waals surface area (Å²) in [7, 11) is 2.18. The summed E-state index contributed by atoms with van der Waals surface area (Å²) in [4.78, 5) is 18.4. The Balaban J connectivity index is 1.30. The van der Waals surface area contributed by atoms with Gasteiger partial charge in [0.15, 0.2) is 11.5 Å². The van der Waals surface area contributed by atoms with Gasteiger partial charge in [-0.1, -0.05) is 0 Å². The molecule has 1 aromatic rings. The van der Waals surface area contributed by atoms with Crippen LogP contribution in [0.4, 0.5) is 0 Å². The van der Waals surface area contributed by atoms with Crippen molar-refractivity contribution in [2.45, 2.75) is 30.2 Å². The molecule has 0 aliphatic carbocycles. The van der Waals surface area contributed by atoms with Gasteiger partial charge in [0.2, 0.25) is 5.91 Å². The van der Waals surface area contributed by atoms with Crippen molar-refractivity contribution >= 4 is 17.7 Å². The molecule has 2 atom stereocenters. The molecule has 1 aromatic carbocycles. The van der Waals surface area contributed by atoms with Gasteiger partial charge in [0, 0.05) is 42.7 Å². The number of carbonyl (C=O) groups is 1. The van der Waals surface area contributed by atoms with Crippen LogP contribution in [-0.2, 0) is 4.79 Å². The van der Waals surface area contributed by atoms with Crippen LogP contribution < -0.4 is 9.47 Å². The van der Waals surface area contributed by atoms with E-state index in [-0.39, 0.29) is 0 Å². The van der Waals surface area contributed by atoms with Crippen molar-refractivity contribution in [3.8, 4) is 11.5 Å². The van der Waals surface area contributed by atoms with E-state index in [1.807, 2.05) is 18.2 Å². The highest BCUT2D eigenvalue weighted by molar-refractivity contribution is 7.99. The van der Waals surface area contributed by atoms with E-state index in [9.17, 15) is 4.79 Å². The number of likely N-dealkylation sites (N-methyl/N-ethyl adjacent to an activating group) is 1. The summed E-state index contributed by atoms with van der Waals surface area (Å²) in [5.74, 6) is 3.40. The van der Waals surface area contributed by atoms with Gasteiger partial charge in [-0.3, -0.25) is 4.79 Å². The van der Waals surface area contributed by atoms with Gasteiger partial charge >= 0.3 is 0 Å². The molecule has 1 amide bonds. The van der Waals surface area contributed by atoms with Crippen molar-refractivity contribution in [1.29, 1.82) is 0 Å². The zero-order chi connectivity index (χ0) is 17.2. The Morgan fingerprint density at radius 3 is 2.88 bits per heavy atom. The minimum Gasteiger partial charge on any atom is -0.486 e. The Hall–Kier alpha value is -1.40. The number of nitrogens with zero attached hydrogens (tertiary/aromatic N) is 2. The fourth-order valence-corrected chi connectivity index (χ4v) is 5.00. The fourth-order valence-electron chi connectivity index (χ4n) is 4.14. The number of benzene rings is 1. The van der Waals surface area contributed by atoms with Gasteiger partial charge in [-0.25, -0.2) is 0 Å². The van der Waals surface area contributed by atoms with E-state index in [0.717, 1.165) is 48.2 Å². The molecule has 0 N–H and O–H groups in total. The molecule has 0 radical (unpaired) electrons. The van der Waals surface area contributed by atoms with E-state index in [1.54, 1.807) is 11.8 Å². The topological polar surface area (TPSA) is 42.0 Å². The summed E-state index contributed by atoms with van der Waals surface area (Å²) in [6.07, 6.45) is 3.03. The number of hydrogen-bond donors (Lipinski definition) is 0. The summed E-state index contributed by atoms with van der Waals surface area (Å²) >= 11 is 1.72. The van der Waals surface area contributed by atoms with Crippen molar-refractivity contribution in [1.82, 2.24) is 9.80 Å². The number of hydrogen-bond acceptors (Lipinski definition) is 5. The Labute approximate surface area is 153 Å². The summed E-state index contributed by atoms with van der Waals surface area (Å²) in [5.41, 5.74) is 0.